The lowest BCUT2D eigenvalue weighted by Crippen LogP contribution is -2.26. The monoisotopic (exact) mass is 256 g/mol. The predicted molar refractivity (Wildman–Crippen MR) is 64.5 cm³/mol. The third-order valence-corrected chi connectivity index (χ3v) is 2.42. The maximum absolute atomic E-state index is 11.6. The van der Waals surface area contributed by atoms with Crippen molar-refractivity contribution in [1.29, 1.82) is 0 Å². The van der Waals surface area contributed by atoms with Gasteiger partial charge in [0.2, 0.25) is 5.91 Å². The summed E-state index contributed by atoms with van der Waals surface area (Å²) in [5, 5.41) is 0.383. The van der Waals surface area contributed by atoms with E-state index < -0.39 is 17.8 Å². The van der Waals surface area contributed by atoms with Crippen LogP contribution in [-0.2, 0) is 9.53 Å². The summed E-state index contributed by atoms with van der Waals surface area (Å²) in [6.45, 7) is 1.48. The molecule has 5 nitrogen and oxygen atoms in total. The second kappa shape index (κ2) is 5.54. The summed E-state index contributed by atoms with van der Waals surface area (Å²) in [5.74, 6) is -1.70. The first kappa shape index (κ1) is 13.3. The lowest BCUT2D eigenvalue weighted by molar-refractivity contribution is -0.122. The molecule has 0 heterocycles. The number of anilines is 1. The van der Waals surface area contributed by atoms with E-state index in [0.29, 0.717) is 5.02 Å². The summed E-state index contributed by atoms with van der Waals surface area (Å²) < 4.78 is 4.91. The van der Waals surface area contributed by atoms with Gasteiger partial charge in [0.25, 0.3) is 0 Å². The molecule has 0 aromatic heterocycles. The van der Waals surface area contributed by atoms with Gasteiger partial charge < -0.3 is 16.2 Å². The predicted octanol–water partition coefficient (Wildman–Crippen LogP) is 1.20. The number of carbonyl (C=O) groups excluding carboxylic acids is 2. The van der Waals surface area contributed by atoms with Gasteiger partial charge in [-0.1, -0.05) is 18.5 Å². The van der Waals surface area contributed by atoms with E-state index in [1.165, 1.54) is 12.1 Å². The van der Waals surface area contributed by atoms with Gasteiger partial charge in [0, 0.05) is 10.7 Å². The second-order valence-corrected chi connectivity index (χ2v) is 4.07. The number of nitrogens with two attached hydrogens (primary N) is 2. The van der Waals surface area contributed by atoms with Crippen molar-refractivity contribution < 1.29 is 14.3 Å². The van der Waals surface area contributed by atoms with Crippen molar-refractivity contribution in [3.05, 3.63) is 28.8 Å². The summed E-state index contributed by atoms with van der Waals surface area (Å²) in [7, 11) is 0. The maximum atomic E-state index is 11.6. The highest BCUT2D eigenvalue weighted by atomic mass is 35.5. The molecule has 0 spiro atoms. The van der Waals surface area contributed by atoms with Gasteiger partial charge in [-0.2, -0.15) is 0 Å². The zero-order valence-corrected chi connectivity index (χ0v) is 10.0. The lowest BCUT2D eigenvalue weighted by Gasteiger charge is -2.10. The van der Waals surface area contributed by atoms with Crippen LogP contribution in [0.25, 0.3) is 0 Å². The number of halogens is 1. The average molecular weight is 257 g/mol. The SMILES string of the molecule is CC(COC(=O)c1cc(Cl)ccc1N)C(N)=O. The van der Waals surface area contributed by atoms with Crippen molar-refractivity contribution in [1.82, 2.24) is 0 Å². The Kier molecular flexibility index (Phi) is 4.34. The standard InChI is InChI=1S/C11H13ClN2O3/c1-6(10(14)15)5-17-11(16)8-4-7(12)2-3-9(8)13/h2-4,6H,5,13H2,1H3,(H2,14,15). The van der Waals surface area contributed by atoms with Crippen molar-refractivity contribution in [2.75, 3.05) is 12.3 Å². The zero-order valence-electron chi connectivity index (χ0n) is 9.27. The Labute approximate surface area is 104 Å². The van der Waals surface area contributed by atoms with E-state index in [0.717, 1.165) is 0 Å². The van der Waals surface area contributed by atoms with Crippen LogP contribution < -0.4 is 11.5 Å². The number of primary amides is 1. The fraction of sp³-hybridized carbons (Fsp3) is 0.273. The molecular formula is C11H13ClN2O3. The summed E-state index contributed by atoms with van der Waals surface area (Å²) in [6, 6.07) is 4.49. The number of ether oxygens (including phenoxy) is 1. The molecule has 0 aliphatic heterocycles. The summed E-state index contributed by atoms with van der Waals surface area (Å²) in [4.78, 5) is 22.4. The highest BCUT2D eigenvalue weighted by Gasteiger charge is 2.15. The van der Waals surface area contributed by atoms with Crippen LogP contribution >= 0.6 is 11.6 Å². The highest BCUT2D eigenvalue weighted by molar-refractivity contribution is 6.31. The van der Waals surface area contributed by atoms with Crippen LogP contribution in [0.4, 0.5) is 5.69 Å². The molecule has 1 amide bonds. The number of esters is 1. The molecule has 0 aliphatic rings. The molecule has 1 unspecified atom stereocenters. The Bertz CT molecular complexity index is 448. The lowest BCUT2D eigenvalue weighted by atomic mass is 10.1. The van der Waals surface area contributed by atoms with Crippen molar-refractivity contribution in [3.8, 4) is 0 Å². The largest absolute Gasteiger partial charge is 0.461 e. The van der Waals surface area contributed by atoms with E-state index >= 15 is 0 Å². The van der Waals surface area contributed by atoms with E-state index in [1.807, 2.05) is 0 Å². The average Bonchev–Trinajstić information content (AvgIpc) is 2.28. The molecule has 0 fully saturated rings. The van der Waals surface area contributed by atoms with E-state index in [-0.39, 0.29) is 17.9 Å². The Morgan fingerprint density at radius 3 is 2.71 bits per heavy atom. The zero-order chi connectivity index (χ0) is 13.0. The first-order valence-electron chi connectivity index (χ1n) is 4.93. The minimum absolute atomic E-state index is 0.0832. The minimum atomic E-state index is -0.627. The molecule has 0 radical (unpaired) electrons. The van der Waals surface area contributed by atoms with Crippen LogP contribution in [0.15, 0.2) is 18.2 Å². The van der Waals surface area contributed by atoms with E-state index in [1.54, 1.807) is 13.0 Å². The number of amides is 1. The smallest absolute Gasteiger partial charge is 0.340 e. The normalized spacial score (nSPS) is 11.9. The van der Waals surface area contributed by atoms with Gasteiger partial charge in [-0.15, -0.1) is 0 Å². The third kappa shape index (κ3) is 3.64. The van der Waals surface area contributed by atoms with Gasteiger partial charge in [-0.3, -0.25) is 4.79 Å². The third-order valence-electron chi connectivity index (χ3n) is 2.19. The van der Waals surface area contributed by atoms with E-state index in [2.05, 4.69) is 0 Å². The van der Waals surface area contributed by atoms with Crippen molar-refractivity contribution >= 4 is 29.2 Å². The van der Waals surface area contributed by atoms with Crippen LogP contribution in [0.5, 0.6) is 0 Å². The summed E-state index contributed by atoms with van der Waals surface area (Å²) in [6.07, 6.45) is 0. The molecule has 1 rings (SSSR count). The number of benzene rings is 1. The first-order chi connectivity index (χ1) is 7.91. The molecule has 92 valence electrons. The minimum Gasteiger partial charge on any atom is -0.461 e. The van der Waals surface area contributed by atoms with Gasteiger partial charge in [-0.05, 0) is 18.2 Å². The van der Waals surface area contributed by atoms with Gasteiger partial charge in [-0.25, -0.2) is 4.79 Å². The van der Waals surface area contributed by atoms with Crippen molar-refractivity contribution in [3.63, 3.8) is 0 Å². The number of carbonyl (C=O) groups is 2. The van der Waals surface area contributed by atoms with Crippen LogP contribution in [-0.4, -0.2) is 18.5 Å². The molecule has 0 saturated heterocycles. The molecule has 0 aliphatic carbocycles. The van der Waals surface area contributed by atoms with Crippen LogP contribution in [0.3, 0.4) is 0 Å². The molecule has 1 aromatic carbocycles. The van der Waals surface area contributed by atoms with Crippen LogP contribution in [0, 0.1) is 5.92 Å². The molecular weight excluding hydrogens is 244 g/mol. The molecule has 1 aromatic rings. The first-order valence-corrected chi connectivity index (χ1v) is 5.31. The fourth-order valence-electron chi connectivity index (χ4n) is 1.07. The number of hydrogen-bond acceptors (Lipinski definition) is 4. The Morgan fingerprint density at radius 1 is 1.47 bits per heavy atom. The van der Waals surface area contributed by atoms with Gasteiger partial charge >= 0.3 is 5.97 Å². The molecule has 17 heavy (non-hydrogen) atoms. The number of hydrogen-bond donors (Lipinski definition) is 2. The molecule has 0 bridgehead atoms. The van der Waals surface area contributed by atoms with Crippen molar-refractivity contribution in [2.45, 2.75) is 6.92 Å². The highest BCUT2D eigenvalue weighted by Crippen LogP contribution is 2.18. The Hall–Kier alpha value is -1.75. The quantitative estimate of drug-likeness (QED) is 0.625. The van der Waals surface area contributed by atoms with E-state index in [9.17, 15) is 9.59 Å². The van der Waals surface area contributed by atoms with Gasteiger partial charge in [0.05, 0.1) is 11.5 Å². The van der Waals surface area contributed by atoms with Crippen LogP contribution in [0.1, 0.15) is 17.3 Å². The van der Waals surface area contributed by atoms with Crippen LogP contribution in [0.2, 0.25) is 5.02 Å². The maximum Gasteiger partial charge on any atom is 0.340 e. The molecule has 1 atom stereocenters. The Balaban J connectivity index is 2.70. The van der Waals surface area contributed by atoms with Gasteiger partial charge in [0.1, 0.15) is 6.61 Å². The molecule has 4 N–H and O–H groups in total. The van der Waals surface area contributed by atoms with Crippen molar-refractivity contribution in [2.24, 2.45) is 11.7 Å². The Morgan fingerprint density at radius 2 is 2.12 bits per heavy atom. The number of rotatable bonds is 4. The van der Waals surface area contributed by atoms with Gasteiger partial charge in [0.15, 0.2) is 0 Å². The summed E-state index contributed by atoms with van der Waals surface area (Å²) in [5.41, 5.74) is 11.1. The second-order valence-electron chi connectivity index (χ2n) is 3.63. The van der Waals surface area contributed by atoms with E-state index in [4.69, 9.17) is 27.8 Å². The number of nitrogen functional groups attached to an aromatic ring is 1. The molecule has 6 heteroatoms. The fourth-order valence-corrected chi connectivity index (χ4v) is 1.24. The topological polar surface area (TPSA) is 95.4 Å². The summed E-state index contributed by atoms with van der Waals surface area (Å²) >= 11 is 5.74. The molecule has 0 saturated carbocycles.